The van der Waals surface area contributed by atoms with Gasteiger partial charge in [0.15, 0.2) is 0 Å². The molecular weight excluding hydrogens is 228 g/mol. The number of fused-ring (bicyclic) bond motifs is 3. The number of nitrogens with one attached hydrogen (secondary N) is 2. The van der Waals surface area contributed by atoms with Gasteiger partial charge in [-0.15, -0.1) is 0 Å². The van der Waals surface area contributed by atoms with Crippen molar-refractivity contribution in [1.29, 1.82) is 0 Å². The number of aryl methyl sites for hydroxylation is 1. The molecule has 0 aliphatic heterocycles. The summed E-state index contributed by atoms with van der Waals surface area (Å²) in [6.45, 7) is 1.88. The lowest BCUT2D eigenvalue weighted by atomic mass is 10.2. The quantitative estimate of drug-likeness (QED) is 0.724. The van der Waals surface area contributed by atoms with Crippen molar-refractivity contribution < 1.29 is 4.74 Å². The number of hydrogen-bond acceptors (Lipinski definition) is 4. The Morgan fingerprint density at radius 1 is 1.22 bits per heavy atom. The van der Waals surface area contributed by atoms with E-state index in [1.165, 1.54) is 0 Å². The van der Waals surface area contributed by atoms with Gasteiger partial charge in [0, 0.05) is 7.05 Å². The molecule has 2 aromatic heterocycles. The number of nitrogens with zero attached hydrogens (tertiary/aromatic N) is 2. The zero-order valence-corrected chi connectivity index (χ0v) is 10.5. The zero-order chi connectivity index (χ0) is 12.7. The number of anilines is 1. The largest absolute Gasteiger partial charge is 0.496 e. The minimum Gasteiger partial charge on any atom is -0.496 e. The van der Waals surface area contributed by atoms with Gasteiger partial charge in [-0.25, -0.2) is 9.97 Å². The van der Waals surface area contributed by atoms with Gasteiger partial charge in [-0.1, -0.05) is 6.07 Å². The van der Waals surface area contributed by atoms with Gasteiger partial charge < -0.3 is 15.0 Å². The summed E-state index contributed by atoms with van der Waals surface area (Å²) in [6, 6.07) is 5.90. The number of methoxy groups -OCH3 is 1. The first-order valence-electron chi connectivity index (χ1n) is 5.75. The van der Waals surface area contributed by atoms with Crippen LogP contribution in [0.2, 0.25) is 0 Å². The van der Waals surface area contributed by atoms with Crippen molar-refractivity contribution in [2.24, 2.45) is 0 Å². The normalized spacial score (nSPS) is 11.1. The maximum atomic E-state index is 5.42. The van der Waals surface area contributed by atoms with Crippen LogP contribution in [0.4, 0.5) is 5.82 Å². The lowest BCUT2D eigenvalue weighted by molar-refractivity contribution is 0.420. The van der Waals surface area contributed by atoms with Gasteiger partial charge in [0.1, 0.15) is 23.0 Å². The molecule has 0 aliphatic rings. The highest BCUT2D eigenvalue weighted by molar-refractivity contribution is 6.13. The van der Waals surface area contributed by atoms with E-state index in [1.54, 1.807) is 7.11 Å². The Balaban J connectivity index is 2.54. The van der Waals surface area contributed by atoms with Crippen LogP contribution in [0.15, 0.2) is 18.2 Å². The highest BCUT2D eigenvalue weighted by Gasteiger charge is 2.14. The van der Waals surface area contributed by atoms with Gasteiger partial charge in [0.25, 0.3) is 0 Å². The van der Waals surface area contributed by atoms with Crippen molar-refractivity contribution in [2.75, 3.05) is 19.5 Å². The predicted octanol–water partition coefficient (Wildman–Crippen LogP) is 2.47. The van der Waals surface area contributed by atoms with Crippen molar-refractivity contribution >= 4 is 27.8 Å². The van der Waals surface area contributed by atoms with Gasteiger partial charge in [-0.2, -0.15) is 0 Å². The van der Waals surface area contributed by atoms with Gasteiger partial charge in [-0.05, 0) is 19.1 Å². The van der Waals surface area contributed by atoms with Crippen LogP contribution < -0.4 is 10.1 Å². The summed E-state index contributed by atoms with van der Waals surface area (Å²) >= 11 is 0. The third kappa shape index (κ3) is 1.40. The van der Waals surface area contributed by atoms with Crippen LogP contribution in [-0.2, 0) is 0 Å². The van der Waals surface area contributed by atoms with Crippen LogP contribution in [-0.4, -0.2) is 29.1 Å². The topological polar surface area (TPSA) is 62.8 Å². The van der Waals surface area contributed by atoms with Crippen LogP contribution in [0, 0.1) is 6.92 Å². The second kappa shape index (κ2) is 3.87. The summed E-state index contributed by atoms with van der Waals surface area (Å²) in [5, 5.41) is 5.10. The molecule has 0 fully saturated rings. The van der Waals surface area contributed by atoms with E-state index in [9.17, 15) is 0 Å². The Labute approximate surface area is 104 Å². The first-order chi connectivity index (χ1) is 8.74. The monoisotopic (exact) mass is 242 g/mol. The average molecular weight is 242 g/mol. The molecule has 0 bridgehead atoms. The molecule has 5 heteroatoms. The van der Waals surface area contributed by atoms with Gasteiger partial charge in [-0.3, -0.25) is 0 Å². The number of hydrogen-bond donors (Lipinski definition) is 2. The van der Waals surface area contributed by atoms with Crippen molar-refractivity contribution in [1.82, 2.24) is 15.0 Å². The Kier molecular flexibility index (Phi) is 2.33. The highest BCUT2D eigenvalue weighted by atomic mass is 16.5. The summed E-state index contributed by atoms with van der Waals surface area (Å²) in [6.07, 6.45) is 0. The van der Waals surface area contributed by atoms with Gasteiger partial charge in [0.05, 0.1) is 23.4 Å². The third-order valence-electron chi connectivity index (χ3n) is 3.01. The Bertz CT molecular complexity index is 733. The van der Waals surface area contributed by atoms with E-state index in [0.29, 0.717) is 0 Å². The standard InChI is InChI=1S/C13H14N4O/c1-7-15-12(14-2)11-10-8(17-13(11)16-7)5-4-6-9(10)18-3/h4-6H,1-3H3,(H2,14,15,16,17). The average Bonchev–Trinajstić information content (AvgIpc) is 2.75. The number of H-pyrrole nitrogens is 1. The minimum atomic E-state index is 0.734. The van der Waals surface area contributed by atoms with E-state index >= 15 is 0 Å². The van der Waals surface area contributed by atoms with Crippen LogP contribution in [0.1, 0.15) is 5.82 Å². The number of benzene rings is 1. The predicted molar refractivity (Wildman–Crippen MR) is 72.2 cm³/mol. The molecule has 1 aromatic carbocycles. The number of rotatable bonds is 2. The maximum absolute atomic E-state index is 5.42. The van der Waals surface area contributed by atoms with Crippen LogP contribution in [0.5, 0.6) is 5.75 Å². The Morgan fingerprint density at radius 2 is 2.06 bits per heavy atom. The molecule has 5 nitrogen and oxygen atoms in total. The molecule has 0 radical (unpaired) electrons. The van der Waals surface area contributed by atoms with E-state index in [-0.39, 0.29) is 0 Å². The molecule has 3 rings (SSSR count). The minimum absolute atomic E-state index is 0.734. The SMILES string of the molecule is CNc1nc(C)nc2[nH]c3cccc(OC)c3c12. The fraction of sp³-hybridized carbons (Fsp3) is 0.231. The fourth-order valence-electron chi connectivity index (χ4n) is 2.27. The first-order valence-corrected chi connectivity index (χ1v) is 5.75. The molecular formula is C13H14N4O. The lowest BCUT2D eigenvalue weighted by Gasteiger charge is -2.05. The van der Waals surface area contributed by atoms with Crippen molar-refractivity contribution in [3.63, 3.8) is 0 Å². The summed E-state index contributed by atoms with van der Waals surface area (Å²) in [5.74, 6) is 2.37. The van der Waals surface area contributed by atoms with E-state index < -0.39 is 0 Å². The van der Waals surface area contributed by atoms with Crippen LogP contribution in [0.3, 0.4) is 0 Å². The molecule has 0 unspecified atom stereocenters. The number of aromatic amines is 1. The van der Waals surface area contributed by atoms with E-state index in [1.807, 2.05) is 32.2 Å². The summed E-state index contributed by atoms with van der Waals surface area (Å²) in [7, 11) is 3.52. The number of ether oxygens (including phenoxy) is 1. The zero-order valence-electron chi connectivity index (χ0n) is 10.5. The molecule has 0 spiro atoms. The Morgan fingerprint density at radius 3 is 2.78 bits per heavy atom. The molecule has 2 N–H and O–H groups in total. The van der Waals surface area contributed by atoms with Gasteiger partial charge >= 0.3 is 0 Å². The molecule has 2 heterocycles. The van der Waals surface area contributed by atoms with Crippen molar-refractivity contribution in [2.45, 2.75) is 6.92 Å². The van der Waals surface area contributed by atoms with E-state index in [0.717, 1.165) is 39.3 Å². The van der Waals surface area contributed by atoms with Gasteiger partial charge in [0.2, 0.25) is 0 Å². The molecule has 0 aliphatic carbocycles. The maximum Gasteiger partial charge on any atom is 0.144 e. The molecule has 92 valence electrons. The second-order valence-corrected chi connectivity index (χ2v) is 4.10. The number of aromatic nitrogens is 3. The molecule has 0 saturated heterocycles. The summed E-state index contributed by atoms with van der Waals surface area (Å²) in [4.78, 5) is 12.2. The molecule has 0 amide bonds. The third-order valence-corrected chi connectivity index (χ3v) is 3.01. The molecule has 18 heavy (non-hydrogen) atoms. The van der Waals surface area contributed by atoms with Crippen molar-refractivity contribution in [3.8, 4) is 5.75 Å². The summed E-state index contributed by atoms with van der Waals surface area (Å²) < 4.78 is 5.42. The van der Waals surface area contributed by atoms with E-state index in [4.69, 9.17) is 4.74 Å². The second-order valence-electron chi connectivity index (χ2n) is 4.10. The first kappa shape index (κ1) is 10.8. The summed E-state index contributed by atoms with van der Waals surface area (Å²) in [5.41, 5.74) is 1.83. The van der Waals surface area contributed by atoms with Crippen LogP contribution >= 0.6 is 0 Å². The van der Waals surface area contributed by atoms with Crippen molar-refractivity contribution in [3.05, 3.63) is 24.0 Å². The molecule has 0 atom stereocenters. The highest BCUT2D eigenvalue weighted by Crippen LogP contribution is 2.35. The lowest BCUT2D eigenvalue weighted by Crippen LogP contribution is -1.97. The fourth-order valence-corrected chi connectivity index (χ4v) is 2.27. The molecule has 0 saturated carbocycles. The van der Waals surface area contributed by atoms with E-state index in [2.05, 4.69) is 20.3 Å². The Hall–Kier alpha value is -2.30. The van der Waals surface area contributed by atoms with Crippen LogP contribution in [0.25, 0.3) is 21.9 Å². The molecule has 3 aromatic rings. The smallest absolute Gasteiger partial charge is 0.144 e.